The number of anilines is 2. The summed E-state index contributed by atoms with van der Waals surface area (Å²) >= 11 is 11.8. The molecule has 1 heterocycles. The van der Waals surface area contributed by atoms with Gasteiger partial charge in [-0.25, -0.2) is 0 Å². The van der Waals surface area contributed by atoms with Crippen LogP contribution in [0.25, 0.3) is 0 Å². The Labute approximate surface area is 128 Å². The second kappa shape index (κ2) is 5.43. The van der Waals surface area contributed by atoms with E-state index in [1.807, 2.05) is 24.3 Å². The third kappa shape index (κ3) is 3.03. The van der Waals surface area contributed by atoms with E-state index in [9.17, 15) is 4.79 Å². The highest BCUT2D eigenvalue weighted by Gasteiger charge is 2.56. The first-order valence-corrected chi connectivity index (χ1v) is 7.43. The number of rotatable bonds is 3. The third-order valence-corrected chi connectivity index (χ3v) is 4.49. The molecule has 0 bridgehead atoms. The Morgan fingerprint density at radius 2 is 1.85 bits per heavy atom. The van der Waals surface area contributed by atoms with Crippen LogP contribution in [0.3, 0.4) is 0 Å². The van der Waals surface area contributed by atoms with Crippen molar-refractivity contribution in [3.8, 4) is 0 Å². The smallest absolute Gasteiger partial charge is 0.230 e. The molecule has 6 heteroatoms. The molecule has 4 nitrogen and oxygen atoms in total. The van der Waals surface area contributed by atoms with Crippen LogP contribution in [0.2, 0.25) is 0 Å². The molecule has 2 fully saturated rings. The van der Waals surface area contributed by atoms with Crippen LogP contribution < -0.4 is 10.2 Å². The molecule has 0 radical (unpaired) electrons. The summed E-state index contributed by atoms with van der Waals surface area (Å²) in [6.07, 6.45) is 0.522. The van der Waals surface area contributed by atoms with E-state index in [4.69, 9.17) is 27.9 Å². The zero-order chi connectivity index (χ0) is 14.2. The number of nitrogens with zero attached hydrogens (tertiary/aromatic N) is 1. The van der Waals surface area contributed by atoms with Crippen LogP contribution in [-0.2, 0) is 9.53 Å². The first-order chi connectivity index (χ1) is 9.56. The van der Waals surface area contributed by atoms with Crippen molar-refractivity contribution in [3.05, 3.63) is 24.3 Å². The molecule has 1 aliphatic heterocycles. The average molecular weight is 315 g/mol. The quantitative estimate of drug-likeness (QED) is 0.872. The minimum Gasteiger partial charge on any atom is -0.378 e. The van der Waals surface area contributed by atoms with Gasteiger partial charge in [-0.3, -0.25) is 4.79 Å². The van der Waals surface area contributed by atoms with Gasteiger partial charge in [0.1, 0.15) is 4.33 Å². The summed E-state index contributed by atoms with van der Waals surface area (Å²) in [7, 11) is 0. The van der Waals surface area contributed by atoms with Gasteiger partial charge in [-0.05, 0) is 30.7 Å². The fourth-order valence-electron chi connectivity index (χ4n) is 2.30. The number of morpholine rings is 1. The summed E-state index contributed by atoms with van der Waals surface area (Å²) in [6.45, 7) is 3.31. The van der Waals surface area contributed by atoms with Crippen molar-refractivity contribution in [1.82, 2.24) is 0 Å². The van der Waals surface area contributed by atoms with Gasteiger partial charge in [0.15, 0.2) is 0 Å². The molecule has 1 aliphatic carbocycles. The molecule has 2 aliphatic rings. The summed E-state index contributed by atoms with van der Waals surface area (Å²) in [6, 6.07) is 7.80. The molecule has 1 atom stereocenters. The summed E-state index contributed by atoms with van der Waals surface area (Å²) in [4.78, 5) is 14.1. The Morgan fingerprint density at radius 1 is 1.25 bits per heavy atom. The summed E-state index contributed by atoms with van der Waals surface area (Å²) in [5, 5.41) is 2.84. The van der Waals surface area contributed by atoms with Gasteiger partial charge in [0.25, 0.3) is 0 Å². The molecule has 1 amide bonds. The van der Waals surface area contributed by atoms with Crippen molar-refractivity contribution < 1.29 is 9.53 Å². The molecule has 0 unspecified atom stereocenters. The van der Waals surface area contributed by atoms with Gasteiger partial charge in [-0.1, -0.05) is 0 Å². The zero-order valence-corrected chi connectivity index (χ0v) is 12.5. The number of carbonyl (C=O) groups excluding carboxylic acids is 1. The van der Waals surface area contributed by atoms with E-state index >= 15 is 0 Å². The van der Waals surface area contributed by atoms with E-state index in [0.717, 1.165) is 37.7 Å². The topological polar surface area (TPSA) is 41.6 Å². The van der Waals surface area contributed by atoms with Crippen molar-refractivity contribution >= 4 is 40.5 Å². The highest BCUT2D eigenvalue weighted by Crippen LogP contribution is 2.53. The summed E-state index contributed by atoms with van der Waals surface area (Å²) in [5.74, 6) is -0.418. The number of alkyl halides is 2. The maximum Gasteiger partial charge on any atom is 0.230 e. The minimum atomic E-state index is -0.877. The fraction of sp³-hybridized carbons (Fsp3) is 0.500. The highest BCUT2D eigenvalue weighted by atomic mass is 35.5. The largest absolute Gasteiger partial charge is 0.378 e. The lowest BCUT2D eigenvalue weighted by molar-refractivity contribution is -0.117. The number of hydrogen-bond acceptors (Lipinski definition) is 3. The lowest BCUT2D eigenvalue weighted by Crippen LogP contribution is -2.36. The van der Waals surface area contributed by atoms with E-state index in [1.165, 1.54) is 0 Å². The Hall–Kier alpha value is -0.970. The van der Waals surface area contributed by atoms with Crippen molar-refractivity contribution in [1.29, 1.82) is 0 Å². The molecular weight excluding hydrogens is 299 g/mol. The Balaban J connectivity index is 1.60. The third-order valence-electron chi connectivity index (χ3n) is 3.65. The average Bonchev–Trinajstić information content (AvgIpc) is 3.10. The zero-order valence-electron chi connectivity index (χ0n) is 10.9. The van der Waals surface area contributed by atoms with Crippen molar-refractivity contribution in [3.63, 3.8) is 0 Å². The number of amides is 1. The SMILES string of the molecule is O=C(Nc1ccc(N2CCOCC2)cc1)[C@H]1CC1(Cl)Cl. The molecule has 1 aromatic carbocycles. The monoisotopic (exact) mass is 314 g/mol. The Morgan fingerprint density at radius 3 is 2.40 bits per heavy atom. The maximum atomic E-state index is 11.9. The lowest BCUT2D eigenvalue weighted by Gasteiger charge is -2.28. The number of ether oxygens (including phenoxy) is 1. The van der Waals surface area contributed by atoms with Crippen LogP contribution in [0.5, 0.6) is 0 Å². The molecule has 1 N–H and O–H groups in total. The van der Waals surface area contributed by atoms with Crippen LogP contribution in [0, 0.1) is 5.92 Å². The number of benzene rings is 1. The fourth-order valence-corrected chi connectivity index (χ4v) is 2.81. The van der Waals surface area contributed by atoms with Crippen molar-refractivity contribution in [2.75, 3.05) is 36.5 Å². The van der Waals surface area contributed by atoms with Gasteiger partial charge in [-0.2, -0.15) is 0 Å². The van der Waals surface area contributed by atoms with E-state index in [1.54, 1.807) is 0 Å². The normalized spacial score (nSPS) is 24.3. The van der Waals surface area contributed by atoms with E-state index in [2.05, 4.69) is 10.2 Å². The molecule has 1 saturated carbocycles. The molecular formula is C14H16Cl2N2O2. The van der Waals surface area contributed by atoms with Gasteiger partial charge < -0.3 is 15.0 Å². The molecule has 1 aromatic rings. The maximum absolute atomic E-state index is 11.9. The minimum absolute atomic E-state index is 0.117. The predicted molar refractivity (Wildman–Crippen MR) is 80.6 cm³/mol. The second-order valence-corrected chi connectivity index (χ2v) is 6.70. The van der Waals surface area contributed by atoms with Crippen LogP contribution in [-0.4, -0.2) is 36.5 Å². The van der Waals surface area contributed by atoms with Crippen LogP contribution >= 0.6 is 23.2 Å². The Kier molecular flexibility index (Phi) is 3.80. The first-order valence-electron chi connectivity index (χ1n) is 6.68. The number of nitrogens with one attached hydrogen (secondary N) is 1. The van der Waals surface area contributed by atoms with Gasteiger partial charge in [0, 0.05) is 24.5 Å². The molecule has 108 valence electrons. The van der Waals surface area contributed by atoms with Gasteiger partial charge in [-0.15, -0.1) is 23.2 Å². The lowest BCUT2D eigenvalue weighted by atomic mass is 10.2. The number of hydrogen-bond donors (Lipinski definition) is 1. The molecule has 0 aromatic heterocycles. The van der Waals surface area contributed by atoms with E-state index in [-0.39, 0.29) is 11.8 Å². The standard InChI is InChI=1S/C14H16Cl2N2O2/c15-14(16)9-12(14)13(19)17-10-1-3-11(4-2-10)18-5-7-20-8-6-18/h1-4,12H,5-9H2,(H,17,19)/t12-/m1/s1. The van der Waals surface area contributed by atoms with Crippen molar-refractivity contribution in [2.24, 2.45) is 5.92 Å². The second-order valence-electron chi connectivity index (χ2n) is 5.15. The van der Waals surface area contributed by atoms with Gasteiger partial charge in [0.05, 0.1) is 19.1 Å². The van der Waals surface area contributed by atoms with E-state index < -0.39 is 4.33 Å². The summed E-state index contributed by atoms with van der Waals surface area (Å²) < 4.78 is 4.45. The summed E-state index contributed by atoms with van der Waals surface area (Å²) in [5.41, 5.74) is 1.91. The number of carbonyl (C=O) groups is 1. The molecule has 20 heavy (non-hydrogen) atoms. The van der Waals surface area contributed by atoms with Crippen LogP contribution in [0.15, 0.2) is 24.3 Å². The van der Waals surface area contributed by atoms with Gasteiger partial charge >= 0.3 is 0 Å². The molecule has 1 saturated heterocycles. The van der Waals surface area contributed by atoms with Crippen molar-refractivity contribution in [2.45, 2.75) is 10.8 Å². The predicted octanol–water partition coefficient (Wildman–Crippen LogP) is 2.66. The molecule has 3 rings (SSSR count). The van der Waals surface area contributed by atoms with Crippen LogP contribution in [0.4, 0.5) is 11.4 Å². The van der Waals surface area contributed by atoms with Crippen LogP contribution in [0.1, 0.15) is 6.42 Å². The molecule has 0 spiro atoms. The highest BCUT2D eigenvalue weighted by molar-refractivity contribution is 6.52. The first kappa shape index (κ1) is 14.0. The van der Waals surface area contributed by atoms with E-state index in [0.29, 0.717) is 6.42 Å². The van der Waals surface area contributed by atoms with Gasteiger partial charge in [0.2, 0.25) is 5.91 Å². The number of halogens is 2. The Bertz CT molecular complexity index is 498.